The van der Waals surface area contributed by atoms with Gasteiger partial charge in [-0.2, -0.15) is 0 Å². The lowest BCUT2D eigenvalue weighted by molar-refractivity contribution is -0.138. The van der Waals surface area contributed by atoms with E-state index in [1.165, 1.54) is 0 Å². The Balaban J connectivity index is 1.94. The fraction of sp³-hybridized carbons (Fsp3) is 0.167. The van der Waals surface area contributed by atoms with E-state index in [-0.39, 0.29) is 12.1 Å². The number of aliphatic hydroxyl groups excluding tert-OH is 1. The molecule has 2 amide bonds. The molecule has 0 spiro atoms. The molecule has 0 saturated heterocycles. The molecule has 3 rings (SSSR count). The van der Waals surface area contributed by atoms with Gasteiger partial charge in [0.1, 0.15) is 0 Å². The molecule has 0 aliphatic carbocycles. The summed E-state index contributed by atoms with van der Waals surface area (Å²) >= 11 is 0. The second-order valence-corrected chi connectivity index (χ2v) is 5.54. The Labute approximate surface area is 133 Å². The van der Waals surface area contributed by atoms with E-state index in [4.69, 9.17) is 0 Å². The summed E-state index contributed by atoms with van der Waals surface area (Å²) in [6, 6.07) is 10.7. The van der Waals surface area contributed by atoms with Crippen molar-refractivity contribution in [2.75, 3.05) is 0 Å². The van der Waals surface area contributed by atoms with Gasteiger partial charge in [-0.05, 0) is 42.7 Å². The van der Waals surface area contributed by atoms with Crippen molar-refractivity contribution in [3.05, 3.63) is 70.7 Å². The monoisotopic (exact) mass is 308 g/mol. The number of imide groups is 1. The van der Waals surface area contributed by atoms with Crippen LogP contribution in [0.4, 0.5) is 0 Å². The summed E-state index contributed by atoms with van der Waals surface area (Å²) in [7, 11) is 0. The van der Waals surface area contributed by atoms with E-state index < -0.39 is 17.6 Å². The summed E-state index contributed by atoms with van der Waals surface area (Å²) < 4.78 is 0. The van der Waals surface area contributed by atoms with Crippen molar-refractivity contribution in [3.63, 3.8) is 0 Å². The van der Waals surface area contributed by atoms with Crippen molar-refractivity contribution >= 4 is 17.4 Å². The zero-order valence-corrected chi connectivity index (χ0v) is 12.9. The Hall–Kier alpha value is -2.95. The lowest BCUT2D eigenvalue weighted by Crippen LogP contribution is -2.31. The van der Waals surface area contributed by atoms with Gasteiger partial charge in [0.05, 0.1) is 17.8 Å². The first-order chi connectivity index (χ1) is 11.0. The van der Waals surface area contributed by atoms with Gasteiger partial charge in [-0.3, -0.25) is 19.5 Å². The highest BCUT2D eigenvalue weighted by atomic mass is 16.3. The highest BCUT2D eigenvalue weighted by molar-refractivity contribution is 6.34. The third-order valence-corrected chi connectivity index (χ3v) is 3.99. The van der Waals surface area contributed by atoms with E-state index in [1.54, 1.807) is 36.5 Å². The molecule has 23 heavy (non-hydrogen) atoms. The Kier molecular flexibility index (Phi) is 3.70. The number of pyridine rings is 1. The fourth-order valence-corrected chi connectivity index (χ4v) is 2.52. The molecule has 1 aromatic heterocycles. The van der Waals surface area contributed by atoms with Crippen LogP contribution >= 0.6 is 0 Å². The lowest BCUT2D eigenvalue weighted by atomic mass is 10.00. The maximum absolute atomic E-state index is 12.6. The average Bonchev–Trinajstić information content (AvgIpc) is 2.75. The van der Waals surface area contributed by atoms with Crippen LogP contribution in [0.2, 0.25) is 0 Å². The number of aryl methyl sites for hydroxylation is 2. The number of carbonyl (C=O) groups is 2. The highest BCUT2D eigenvalue weighted by Gasteiger charge is 2.39. The Morgan fingerprint density at radius 3 is 2.48 bits per heavy atom. The third kappa shape index (κ3) is 2.61. The molecular weight excluding hydrogens is 292 g/mol. The number of hydrogen-bond donors (Lipinski definition) is 1. The molecule has 5 heteroatoms. The molecule has 116 valence electrons. The van der Waals surface area contributed by atoms with Crippen LogP contribution in [0.25, 0.3) is 5.57 Å². The van der Waals surface area contributed by atoms with Crippen LogP contribution in [0, 0.1) is 13.8 Å². The molecule has 0 fully saturated rings. The molecule has 1 aromatic carbocycles. The van der Waals surface area contributed by atoms with Crippen molar-refractivity contribution in [1.82, 2.24) is 9.88 Å². The second kappa shape index (κ2) is 5.68. The summed E-state index contributed by atoms with van der Waals surface area (Å²) in [4.78, 5) is 29.9. The van der Waals surface area contributed by atoms with E-state index in [0.717, 1.165) is 16.0 Å². The molecule has 2 aromatic rings. The first-order valence-electron chi connectivity index (χ1n) is 7.26. The van der Waals surface area contributed by atoms with E-state index in [2.05, 4.69) is 4.98 Å². The maximum atomic E-state index is 12.6. The molecule has 0 saturated carbocycles. The van der Waals surface area contributed by atoms with Gasteiger partial charge in [0.2, 0.25) is 0 Å². The predicted molar refractivity (Wildman–Crippen MR) is 85.3 cm³/mol. The lowest BCUT2D eigenvalue weighted by Gasteiger charge is -2.14. The molecule has 1 aliphatic rings. The molecule has 0 unspecified atom stereocenters. The molecule has 0 atom stereocenters. The van der Waals surface area contributed by atoms with Gasteiger partial charge in [0.25, 0.3) is 11.8 Å². The number of aliphatic hydroxyl groups is 1. The van der Waals surface area contributed by atoms with Gasteiger partial charge >= 0.3 is 0 Å². The predicted octanol–water partition coefficient (Wildman–Crippen LogP) is 2.54. The van der Waals surface area contributed by atoms with Crippen LogP contribution in [0.3, 0.4) is 0 Å². The van der Waals surface area contributed by atoms with Crippen LogP contribution < -0.4 is 0 Å². The Morgan fingerprint density at radius 2 is 1.83 bits per heavy atom. The third-order valence-electron chi connectivity index (χ3n) is 3.99. The Morgan fingerprint density at radius 1 is 1.04 bits per heavy atom. The SMILES string of the molecule is Cc1ccc(C2=C(O)C(=O)N(Cc3ccccn3)C2=O)cc1C. The van der Waals surface area contributed by atoms with Gasteiger partial charge in [-0.15, -0.1) is 0 Å². The molecule has 5 nitrogen and oxygen atoms in total. The number of hydrogen-bond acceptors (Lipinski definition) is 4. The minimum absolute atomic E-state index is 0.0386. The smallest absolute Gasteiger partial charge is 0.296 e. The molecule has 0 radical (unpaired) electrons. The second-order valence-electron chi connectivity index (χ2n) is 5.54. The first-order valence-corrected chi connectivity index (χ1v) is 7.26. The largest absolute Gasteiger partial charge is 0.502 e. The number of rotatable bonds is 3. The topological polar surface area (TPSA) is 70.5 Å². The summed E-state index contributed by atoms with van der Waals surface area (Å²) in [5, 5.41) is 10.1. The number of nitrogens with zero attached hydrogens (tertiary/aromatic N) is 2. The van der Waals surface area contributed by atoms with Crippen molar-refractivity contribution in [2.24, 2.45) is 0 Å². The number of carbonyl (C=O) groups excluding carboxylic acids is 2. The summed E-state index contributed by atoms with van der Waals surface area (Å²) in [5.41, 5.74) is 3.26. The standard InChI is InChI=1S/C18H16N2O3/c1-11-6-7-13(9-12(11)2)15-16(21)18(23)20(17(15)22)10-14-5-3-4-8-19-14/h3-9,21H,10H2,1-2H3. The zero-order chi connectivity index (χ0) is 16.6. The van der Waals surface area contributed by atoms with Gasteiger partial charge < -0.3 is 5.11 Å². The normalized spacial score (nSPS) is 14.8. The molecule has 1 aliphatic heterocycles. The number of amides is 2. The minimum Gasteiger partial charge on any atom is -0.502 e. The van der Waals surface area contributed by atoms with Crippen LogP contribution in [-0.2, 0) is 16.1 Å². The van der Waals surface area contributed by atoms with E-state index in [1.807, 2.05) is 19.9 Å². The summed E-state index contributed by atoms with van der Waals surface area (Å²) in [5.74, 6) is -1.69. The first kappa shape index (κ1) is 15.0. The van der Waals surface area contributed by atoms with Crippen LogP contribution in [-0.4, -0.2) is 26.8 Å². The molecular formula is C18H16N2O3. The average molecular weight is 308 g/mol. The van der Waals surface area contributed by atoms with Gasteiger partial charge in [-0.25, -0.2) is 0 Å². The van der Waals surface area contributed by atoms with Crippen molar-refractivity contribution in [2.45, 2.75) is 20.4 Å². The number of benzene rings is 1. The highest BCUT2D eigenvalue weighted by Crippen LogP contribution is 2.29. The summed E-state index contributed by atoms with van der Waals surface area (Å²) in [6.07, 6.45) is 1.60. The molecule has 2 heterocycles. The van der Waals surface area contributed by atoms with Crippen LogP contribution in [0.1, 0.15) is 22.4 Å². The van der Waals surface area contributed by atoms with E-state index >= 15 is 0 Å². The van der Waals surface area contributed by atoms with E-state index in [0.29, 0.717) is 11.3 Å². The zero-order valence-electron chi connectivity index (χ0n) is 12.9. The van der Waals surface area contributed by atoms with Crippen LogP contribution in [0.5, 0.6) is 0 Å². The van der Waals surface area contributed by atoms with Gasteiger partial charge in [-0.1, -0.05) is 24.3 Å². The minimum atomic E-state index is -0.686. The van der Waals surface area contributed by atoms with Crippen molar-refractivity contribution < 1.29 is 14.7 Å². The van der Waals surface area contributed by atoms with Gasteiger partial charge in [0, 0.05) is 6.20 Å². The maximum Gasteiger partial charge on any atom is 0.296 e. The van der Waals surface area contributed by atoms with Crippen LogP contribution in [0.15, 0.2) is 48.4 Å². The summed E-state index contributed by atoms with van der Waals surface area (Å²) in [6.45, 7) is 3.92. The molecule has 1 N–H and O–H groups in total. The van der Waals surface area contributed by atoms with Crippen molar-refractivity contribution in [1.29, 1.82) is 0 Å². The fourth-order valence-electron chi connectivity index (χ4n) is 2.52. The number of aromatic nitrogens is 1. The molecule has 0 bridgehead atoms. The Bertz CT molecular complexity index is 825. The van der Waals surface area contributed by atoms with Crippen molar-refractivity contribution in [3.8, 4) is 0 Å². The van der Waals surface area contributed by atoms with E-state index in [9.17, 15) is 14.7 Å². The van der Waals surface area contributed by atoms with Gasteiger partial charge in [0.15, 0.2) is 5.76 Å². The quantitative estimate of drug-likeness (QED) is 0.885.